The highest BCUT2D eigenvalue weighted by Crippen LogP contribution is 2.32. The quantitative estimate of drug-likeness (QED) is 0.326. The molecule has 1 aromatic carbocycles. The van der Waals surface area contributed by atoms with Crippen molar-refractivity contribution in [3.8, 4) is 5.75 Å². The van der Waals surface area contributed by atoms with Gasteiger partial charge >= 0.3 is 0 Å². The molecule has 0 aliphatic carbocycles. The van der Waals surface area contributed by atoms with Gasteiger partial charge in [-0.15, -0.1) is 0 Å². The molecule has 4 heteroatoms. The molecule has 0 amide bonds. The fourth-order valence-corrected chi connectivity index (χ4v) is 3.05. The molecule has 1 aromatic rings. The summed E-state index contributed by atoms with van der Waals surface area (Å²) < 4.78 is 6.08. The summed E-state index contributed by atoms with van der Waals surface area (Å²) in [6.07, 6.45) is 5.99. The molecule has 0 fully saturated rings. The van der Waals surface area contributed by atoms with Crippen LogP contribution in [-0.4, -0.2) is 36.4 Å². The van der Waals surface area contributed by atoms with Crippen molar-refractivity contribution in [2.75, 3.05) is 26.2 Å². The van der Waals surface area contributed by atoms with Crippen molar-refractivity contribution >= 4 is 16.8 Å². The standard InChI is InChI=1S/C22H36ClNO2/c1-6-8-13-24(14-9-7-2)15-10-16-26-20-12-11-18(21(23)25)17-19(20)22(3,4)5/h11-12,17H,6-10,13-16H2,1-5H3. The lowest BCUT2D eigenvalue weighted by molar-refractivity contribution is 0.108. The van der Waals surface area contributed by atoms with Crippen LogP contribution in [0.15, 0.2) is 18.2 Å². The van der Waals surface area contributed by atoms with Crippen molar-refractivity contribution in [3.05, 3.63) is 29.3 Å². The average Bonchev–Trinajstić information content (AvgIpc) is 2.59. The van der Waals surface area contributed by atoms with E-state index in [9.17, 15) is 4.79 Å². The predicted octanol–water partition coefficient (Wildman–Crippen LogP) is 6.03. The molecule has 3 nitrogen and oxygen atoms in total. The van der Waals surface area contributed by atoms with Crippen molar-refractivity contribution in [2.24, 2.45) is 0 Å². The van der Waals surface area contributed by atoms with Crippen LogP contribution in [0.3, 0.4) is 0 Å². The number of hydrogen-bond donors (Lipinski definition) is 0. The third-order valence-electron chi connectivity index (χ3n) is 4.55. The summed E-state index contributed by atoms with van der Waals surface area (Å²) in [7, 11) is 0. The Labute approximate surface area is 165 Å². The molecule has 0 unspecified atom stereocenters. The van der Waals surface area contributed by atoms with E-state index < -0.39 is 5.24 Å². The van der Waals surface area contributed by atoms with Crippen LogP contribution in [-0.2, 0) is 5.41 Å². The first-order valence-electron chi connectivity index (χ1n) is 9.99. The van der Waals surface area contributed by atoms with Gasteiger partial charge in [0, 0.05) is 17.7 Å². The Balaban J connectivity index is 2.64. The molecule has 0 heterocycles. The Morgan fingerprint density at radius 3 is 2.12 bits per heavy atom. The maximum absolute atomic E-state index is 11.5. The molecule has 0 aromatic heterocycles. The number of ether oxygens (including phenoxy) is 1. The summed E-state index contributed by atoms with van der Waals surface area (Å²) in [5.41, 5.74) is 1.44. The second kappa shape index (κ2) is 11.6. The maximum atomic E-state index is 11.5. The zero-order chi connectivity index (χ0) is 19.6. The van der Waals surface area contributed by atoms with Gasteiger partial charge in [-0.3, -0.25) is 4.79 Å². The number of hydrogen-bond acceptors (Lipinski definition) is 3. The van der Waals surface area contributed by atoms with Crippen LogP contribution in [0.4, 0.5) is 0 Å². The lowest BCUT2D eigenvalue weighted by Gasteiger charge is -2.24. The van der Waals surface area contributed by atoms with Gasteiger partial charge in [-0.1, -0.05) is 47.5 Å². The van der Waals surface area contributed by atoms with Crippen molar-refractivity contribution in [3.63, 3.8) is 0 Å². The molecular weight excluding hydrogens is 346 g/mol. The molecule has 0 aliphatic heterocycles. The smallest absolute Gasteiger partial charge is 0.252 e. The van der Waals surface area contributed by atoms with E-state index in [2.05, 4.69) is 39.5 Å². The number of carbonyl (C=O) groups is 1. The number of rotatable bonds is 12. The van der Waals surface area contributed by atoms with E-state index in [0.29, 0.717) is 12.2 Å². The van der Waals surface area contributed by atoms with Gasteiger partial charge in [-0.2, -0.15) is 0 Å². The summed E-state index contributed by atoms with van der Waals surface area (Å²) in [4.78, 5) is 14.0. The van der Waals surface area contributed by atoms with Crippen molar-refractivity contribution in [1.82, 2.24) is 4.90 Å². The fourth-order valence-electron chi connectivity index (χ4n) is 2.93. The van der Waals surface area contributed by atoms with Gasteiger partial charge in [0.1, 0.15) is 5.75 Å². The van der Waals surface area contributed by atoms with Crippen LogP contribution in [0.1, 0.15) is 82.6 Å². The van der Waals surface area contributed by atoms with Crippen LogP contribution in [0.5, 0.6) is 5.75 Å². The Kier molecular flexibility index (Phi) is 10.3. The normalized spacial score (nSPS) is 11.8. The second-order valence-electron chi connectivity index (χ2n) is 7.99. The SMILES string of the molecule is CCCCN(CCCC)CCCOc1ccc(C(=O)Cl)cc1C(C)(C)C. The minimum Gasteiger partial charge on any atom is -0.493 e. The average molecular weight is 382 g/mol. The topological polar surface area (TPSA) is 29.5 Å². The molecule has 1 rings (SSSR count). The fraction of sp³-hybridized carbons (Fsp3) is 0.682. The van der Waals surface area contributed by atoms with Crippen LogP contribution in [0, 0.1) is 0 Å². The summed E-state index contributed by atoms with van der Waals surface area (Å²) in [6, 6.07) is 5.48. The lowest BCUT2D eigenvalue weighted by Crippen LogP contribution is -2.28. The summed E-state index contributed by atoms with van der Waals surface area (Å²) in [5.74, 6) is 0.854. The number of carbonyl (C=O) groups excluding carboxylic acids is 1. The molecular formula is C22H36ClNO2. The van der Waals surface area contributed by atoms with Gasteiger partial charge in [0.25, 0.3) is 5.24 Å². The number of benzene rings is 1. The van der Waals surface area contributed by atoms with Crippen LogP contribution in [0.25, 0.3) is 0 Å². The summed E-state index contributed by atoms with van der Waals surface area (Å²) in [5, 5.41) is -0.426. The summed E-state index contributed by atoms with van der Waals surface area (Å²) >= 11 is 5.64. The van der Waals surface area contributed by atoms with Crippen molar-refractivity contribution < 1.29 is 9.53 Å². The van der Waals surface area contributed by atoms with Gasteiger partial charge in [-0.25, -0.2) is 0 Å². The highest BCUT2D eigenvalue weighted by Gasteiger charge is 2.20. The molecule has 26 heavy (non-hydrogen) atoms. The Bertz CT molecular complexity index is 544. The van der Waals surface area contributed by atoms with Crippen LogP contribution >= 0.6 is 11.6 Å². The van der Waals surface area contributed by atoms with Gasteiger partial charge in [0.15, 0.2) is 0 Å². The molecule has 0 atom stereocenters. The Morgan fingerprint density at radius 1 is 1.04 bits per heavy atom. The van der Waals surface area contributed by atoms with E-state index in [1.807, 2.05) is 12.1 Å². The first-order valence-corrected chi connectivity index (χ1v) is 10.4. The van der Waals surface area contributed by atoms with E-state index >= 15 is 0 Å². The monoisotopic (exact) mass is 381 g/mol. The number of nitrogens with zero attached hydrogens (tertiary/aromatic N) is 1. The van der Waals surface area contributed by atoms with E-state index in [1.165, 1.54) is 38.8 Å². The van der Waals surface area contributed by atoms with E-state index in [-0.39, 0.29) is 5.41 Å². The highest BCUT2D eigenvalue weighted by atomic mass is 35.5. The van der Waals surface area contributed by atoms with Gasteiger partial charge in [0.2, 0.25) is 0 Å². The maximum Gasteiger partial charge on any atom is 0.252 e. The number of unbranched alkanes of at least 4 members (excludes halogenated alkanes) is 2. The third-order valence-corrected chi connectivity index (χ3v) is 4.76. The minimum atomic E-state index is -0.426. The molecule has 148 valence electrons. The van der Waals surface area contributed by atoms with Gasteiger partial charge in [0.05, 0.1) is 6.61 Å². The lowest BCUT2D eigenvalue weighted by atomic mass is 9.85. The largest absolute Gasteiger partial charge is 0.493 e. The third kappa shape index (κ3) is 8.09. The highest BCUT2D eigenvalue weighted by molar-refractivity contribution is 6.67. The molecule has 0 spiro atoms. The Hall–Kier alpha value is -1.06. The van der Waals surface area contributed by atoms with Crippen LogP contribution in [0.2, 0.25) is 0 Å². The zero-order valence-corrected chi connectivity index (χ0v) is 18.0. The molecule has 0 bridgehead atoms. The van der Waals surface area contributed by atoms with Crippen LogP contribution < -0.4 is 4.74 Å². The van der Waals surface area contributed by atoms with E-state index in [4.69, 9.17) is 16.3 Å². The molecule has 0 aliphatic rings. The van der Waals surface area contributed by atoms with Crippen molar-refractivity contribution in [2.45, 2.75) is 72.1 Å². The first kappa shape index (κ1) is 23.0. The van der Waals surface area contributed by atoms with E-state index in [1.54, 1.807) is 6.07 Å². The number of halogens is 1. The van der Waals surface area contributed by atoms with Gasteiger partial charge in [-0.05, 0) is 67.6 Å². The first-order chi connectivity index (χ1) is 12.3. The Morgan fingerprint density at radius 2 is 1.62 bits per heavy atom. The second-order valence-corrected chi connectivity index (χ2v) is 8.33. The van der Waals surface area contributed by atoms with E-state index in [0.717, 1.165) is 24.3 Å². The molecule has 0 saturated heterocycles. The van der Waals surface area contributed by atoms with Gasteiger partial charge < -0.3 is 9.64 Å². The molecule has 0 saturated carbocycles. The summed E-state index contributed by atoms with van der Waals surface area (Å²) in [6.45, 7) is 15.0. The minimum absolute atomic E-state index is 0.105. The molecule has 0 radical (unpaired) electrons. The molecule has 0 N–H and O–H groups in total. The zero-order valence-electron chi connectivity index (χ0n) is 17.2. The predicted molar refractivity (Wildman–Crippen MR) is 112 cm³/mol. The van der Waals surface area contributed by atoms with Crippen molar-refractivity contribution in [1.29, 1.82) is 0 Å².